The van der Waals surface area contributed by atoms with E-state index in [2.05, 4.69) is 32.5 Å². The van der Waals surface area contributed by atoms with Crippen LogP contribution < -0.4 is 5.32 Å². The molecule has 2 bridgehead atoms. The molecule has 13 heteroatoms. The lowest BCUT2D eigenvalue weighted by Gasteiger charge is -2.61. The van der Waals surface area contributed by atoms with Crippen LogP contribution in [0.3, 0.4) is 0 Å². The van der Waals surface area contributed by atoms with Gasteiger partial charge in [-0.05, 0) is 37.0 Å². The standard InChI is InChI=1S/C21H24ClN7O4S/c1-12-6-14-9-21(8-12,19-26-25-17(33-19)10-34(3,31)32)29(14)20(30)24-13-4-5-16(22)15(7-13)18-23-11-28(2)27-18/h4-5,7,11-12,14H,6,8-10H2,1-3H3,(H,24,30)/t12-,14-,21?/m1/s1. The zero-order valence-electron chi connectivity index (χ0n) is 18.9. The number of piperidine rings is 1. The number of benzene rings is 1. The van der Waals surface area contributed by atoms with Crippen LogP contribution >= 0.6 is 11.6 Å². The summed E-state index contributed by atoms with van der Waals surface area (Å²) in [6, 6.07) is 4.87. The minimum Gasteiger partial charge on any atom is -0.422 e. The number of nitrogens with zero attached hydrogens (tertiary/aromatic N) is 6. The summed E-state index contributed by atoms with van der Waals surface area (Å²) in [6.07, 6.45) is 4.89. The van der Waals surface area contributed by atoms with E-state index in [1.54, 1.807) is 41.2 Å². The van der Waals surface area contributed by atoms with Gasteiger partial charge in [0.25, 0.3) is 0 Å². The van der Waals surface area contributed by atoms with Gasteiger partial charge in [-0.3, -0.25) is 4.68 Å². The van der Waals surface area contributed by atoms with Crippen molar-refractivity contribution in [2.45, 2.75) is 43.5 Å². The number of anilines is 1. The SMILES string of the molecule is C[C@@H]1C[C@@H]2CC(c3nnc(CS(C)(=O)=O)o3)(C1)N2C(=O)Nc1ccc(Cl)c(-c2ncn(C)n2)c1. The first-order valence-electron chi connectivity index (χ1n) is 10.8. The second kappa shape index (κ2) is 8.05. The molecule has 1 unspecified atom stereocenters. The highest BCUT2D eigenvalue weighted by Gasteiger charge is 2.62. The Kier molecular flexibility index (Phi) is 5.40. The molecule has 2 aliphatic heterocycles. The van der Waals surface area contributed by atoms with Crippen molar-refractivity contribution in [2.75, 3.05) is 11.6 Å². The molecular formula is C21H24ClN7O4S. The van der Waals surface area contributed by atoms with Gasteiger partial charge in [-0.25, -0.2) is 18.2 Å². The molecule has 3 aromatic rings. The van der Waals surface area contributed by atoms with Gasteiger partial charge in [0.2, 0.25) is 11.8 Å². The highest BCUT2D eigenvalue weighted by atomic mass is 35.5. The van der Waals surface area contributed by atoms with Gasteiger partial charge >= 0.3 is 6.03 Å². The van der Waals surface area contributed by atoms with Crippen molar-refractivity contribution < 1.29 is 17.6 Å². The Hall–Kier alpha value is -2.99. The Morgan fingerprint density at radius 2 is 2.12 bits per heavy atom. The molecule has 34 heavy (non-hydrogen) atoms. The fourth-order valence-electron chi connectivity index (χ4n) is 5.09. The Morgan fingerprint density at radius 3 is 2.82 bits per heavy atom. The Morgan fingerprint density at radius 1 is 1.32 bits per heavy atom. The Balaban J connectivity index is 1.41. The van der Waals surface area contributed by atoms with E-state index in [4.69, 9.17) is 16.0 Å². The lowest BCUT2D eigenvalue weighted by Crippen LogP contribution is -2.70. The van der Waals surface area contributed by atoms with E-state index in [0.29, 0.717) is 40.9 Å². The third-order valence-corrected chi connectivity index (χ3v) is 7.39. The topological polar surface area (TPSA) is 136 Å². The molecule has 3 aliphatic rings. The molecule has 1 N–H and O–H groups in total. The smallest absolute Gasteiger partial charge is 0.323 e. The van der Waals surface area contributed by atoms with Crippen molar-refractivity contribution in [3.05, 3.63) is 41.3 Å². The Bertz CT molecular complexity index is 1370. The van der Waals surface area contributed by atoms with E-state index in [9.17, 15) is 13.2 Å². The summed E-state index contributed by atoms with van der Waals surface area (Å²) in [5.41, 5.74) is 0.398. The lowest BCUT2D eigenvalue weighted by atomic mass is 9.64. The second-order valence-corrected chi connectivity index (χ2v) is 11.8. The maximum atomic E-state index is 13.4. The number of halogens is 1. The number of carbonyl (C=O) groups is 1. The van der Waals surface area contributed by atoms with E-state index in [0.717, 1.165) is 12.7 Å². The molecule has 2 aromatic heterocycles. The second-order valence-electron chi connectivity index (χ2n) is 9.24. The van der Waals surface area contributed by atoms with Gasteiger partial charge in [0, 0.05) is 37.0 Å². The van der Waals surface area contributed by atoms with Gasteiger partial charge < -0.3 is 14.6 Å². The summed E-state index contributed by atoms with van der Waals surface area (Å²) >= 11 is 6.34. The number of aryl methyl sites for hydroxylation is 1. The van der Waals surface area contributed by atoms with Crippen molar-refractivity contribution in [2.24, 2.45) is 13.0 Å². The number of nitrogens with one attached hydrogen (secondary N) is 1. The summed E-state index contributed by atoms with van der Waals surface area (Å²) in [7, 11) is -1.56. The lowest BCUT2D eigenvalue weighted by molar-refractivity contribution is -0.110. The van der Waals surface area contributed by atoms with Crippen molar-refractivity contribution in [3.8, 4) is 11.4 Å². The first-order chi connectivity index (χ1) is 16.0. The van der Waals surface area contributed by atoms with Crippen LogP contribution in [0.25, 0.3) is 11.4 Å². The average molecular weight is 506 g/mol. The van der Waals surface area contributed by atoms with Crippen molar-refractivity contribution >= 4 is 33.2 Å². The minimum atomic E-state index is -3.32. The van der Waals surface area contributed by atoms with Crippen LogP contribution in [-0.2, 0) is 28.2 Å². The number of sulfone groups is 1. The van der Waals surface area contributed by atoms with Crippen molar-refractivity contribution in [1.82, 2.24) is 29.9 Å². The molecule has 3 atom stereocenters. The highest BCUT2D eigenvalue weighted by molar-refractivity contribution is 7.89. The van der Waals surface area contributed by atoms with Crippen LogP contribution in [0.1, 0.15) is 38.0 Å². The highest BCUT2D eigenvalue weighted by Crippen LogP contribution is 2.55. The molecule has 2 saturated heterocycles. The first-order valence-corrected chi connectivity index (χ1v) is 13.2. The van der Waals surface area contributed by atoms with E-state index < -0.39 is 15.4 Å². The van der Waals surface area contributed by atoms with Gasteiger partial charge in [-0.1, -0.05) is 18.5 Å². The summed E-state index contributed by atoms with van der Waals surface area (Å²) < 4.78 is 30.6. The predicted molar refractivity (Wildman–Crippen MR) is 124 cm³/mol. The minimum absolute atomic E-state index is 0.0261. The summed E-state index contributed by atoms with van der Waals surface area (Å²) in [4.78, 5) is 19.4. The number of fused-ring (bicyclic) bond motifs is 2. The third kappa shape index (κ3) is 4.05. The number of urea groups is 1. The van der Waals surface area contributed by atoms with Gasteiger partial charge in [0.15, 0.2) is 15.7 Å². The number of carbonyl (C=O) groups excluding carboxylic acids is 1. The predicted octanol–water partition coefficient (Wildman–Crippen LogP) is 2.99. The molecule has 1 aromatic carbocycles. The average Bonchev–Trinajstić information content (AvgIpc) is 3.36. The molecule has 180 valence electrons. The zero-order chi connectivity index (χ0) is 24.3. The summed E-state index contributed by atoms with van der Waals surface area (Å²) in [6.45, 7) is 2.12. The largest absolute Gasteiger partial charge is 0.422 e. The molecule has 11 nitrogen and oxygen atoms in total. The number of hydrogen-bond acceptors (Lipinski definition) is 8. The molecule has 1 saturated carbocycles. The van der Waals surface area contributed by atoms with E-state index >= 15 is 0 Å². The maximum Gasteiger partial charge on any atom is 0.323 e. The molecule has 3 fully saturated rings. The molecular weight excluding hydrogens is 482 g/mol. The van der Waals surface area contributed by atoms with Gasteiger partial charge in [0.1, 0.15) is 17.6 Å². The van der Waals surface area contributed by atoms with Crippen LogP contribution in [0.4, 0.5) is 10.5 Å². The fraction of sp³-hybridized carbons (Fsp3) is 0.476. The number of rotatable bonds is 5. The summed E-state index contributed by atoms with van der Waals surface area (Å²) in [5, 5.41) is 15.8. The quantitative estimate of drug-likeness (QED) is 0.558. The van der Waals surface area contributed by atoms with Crippen molar-refractivity contribution in [3.63, 3.8) is 0 Å². The number of aromatic nitrogens is 5. The molecule has 4 heterocycles. The van der Waals surface area contributed by atoms with Crippen LogP contribution in [0.5, 0.6) is 0 Å². The van der Waals surface area contributed by atoms with Gasteiger partial charge in [0.05, 0.1) is 5.02 Å². The fourth-order valence-corrected chi connectivity index (χ4v) is 5.86. The van der Waals surface area contributed by atoms with Crippen molar-refractivity contribution in [1.29, 1.82) is 0 Å². The van der Waals surface area contributed by atoms with Gasteiger partial charge in [-0.2, -0.15) is 5.10 Å². The summed E-state index contributed by atoms with van der Waals surface area (Å²) in [5.74, 6) is 0.776. The third-order valence-electron chi connectivity index (χ3n) is 6.29. The molecule has 0 radical (unpaired) electrons. The normalized spacial score (nSPS) is 24.1. The molecule has 2 amide bonds. The van der Waals surface area contributed by atoms with Crippen LogP contribution in [-0.4, -0.2) is 56.6 Å². The van der Waals surface area contributed by atoms with E-state index in [1.165, 1.54) is 0 Å². The number of amides is 2. The van der Waals surface area contributed by atoms with Crippen LogP contribution in [0.15, 0.2) is 28.9 Å². The van der Waals surface area contributed by atoms with E-state index in [-0.39, 0.29) is 29.6 Å². The molecule has 6 rings (SSSR count). The van der Waals surface area contributed by atoms with Crippen LogP contribution in [0, 0.1) is 5.92 Å². The number of hydrogen-bond donors (Lipinski definition) is 1. The molecule has 1 aliphatic carbocycles. The van der Waals surface area contributed by atoms with Gasteiger partial charge in [-0.15, -0.1) is 10.2 Å². The maximum absolute atomic E-state index is 13.4. The Labute approximate surface area is 201 Å². The van der Waals surface area contributed by atoms with E-state index in [1.807, 2.05) is 0 Å². The molecule has 0 spiro atoms. The zero-order valence-corrected chi connectivity index (χ0v) is 20.5. The first kappa shape index (κ1) is 22.8. The van der Waals surface area contributed by atoms with Crippen LogP contribution in [0.2, 0.25) is 5.02 Å². The monoisotopic (exact) mass is 505 g/mol.